The van der Waals surface area contributed by atoms with Gasteiger partial charge in [-0.2, -0.15) is 0 Å². The third-order valence-electron chi connectivity index (χ3n) is 2.44. The van der Waals surface area contributed by atoms with E-state index in [1.165, 1.54) is 25.9 Å². The Kier molecular flexibility index (Phi) is 9.35. The van der Waals surface area contributed by atoms with E-state index in [1.807, 2.05) is 0 Å². The Labute approximate surface area is 88.6 Å². The number of ether oxygens (including phenoxy) is 1. The second-order valence-electron chi connectivity index (χ2n) is 3.72. The monoisotopic (exact) mass is 202 g/mol. The van der Waals surface area contributed by atoms with Gasteiger partial charge in [-0.25, -0.2) is 0 Å². The minimum Gasteiger partial charge on any atom is -0.380 e. The quantitative estimate of drug-likeness (QED) is 0.615. The minimum absolute atomic E-state index is 0.228. The number of nitrogens with zero attached hydrogens (tertiary/aromatic N) is 1. The third-order valence-corrected chi connectivity index (χ3v) is 2.44. The molecule has 0 aliphatic heterocycles. The van der Waals surface area contributed by atoms with E-state index in [2.05, 4.69) is 18.7 Å². The summed E-state index contributed by atoms with van der Waals surface area (Å²) >= 11 is 0. The van der Waals surface area contributed by atoms with Crippen molar-refractivity contribution in [3.63, 3.8) is 0 Å². The van der Waals surface area contributed by atoms with Gasteiger partial charge in [0.25, 0.3) is 0 Å². The van der Waals surface area contributed by atoms with Gasteiger partial charge in [-0.3, -0.25) is 0 Å². The molecule has 0 aromatic carbocycles. The summed E-state index contributed by atoms with van der Waals surface area (Å²) in [5, 5.41) is 0. The molecule has 0 radical (unpaired) electrons. The van der Waals surface area contributed by atoms with E-state index in [0.717, 1.165) is 13.0 Å². The van der Waals surface area contributed by atoms with Crippen LogP contribution in [0.25, 0.3) is 0 Å². The molecule has 0 fully saturated rings. The van der Waals surface area contributed by atoms with Crippen molar-refractivity contribution >= 4 is 0 Å². The van der Waals surface area contributed by atoms with Crippen LogP contribution < -0.4 is 5.73 Å². The summed E-state index contributed by atoms with van der Waals surface area (Å²) in [4.78, 5) is 2.49. The van der Waals surface area contributed by atoms with Gasteiger partial charge in [-0.05, 0) is 32.4 Å². The summed E-state index contributed by atoms with van der Waals surface area (Å²) in [5.74, 6) is 0. The predicted molar refractivity (Wildman–Crippen MR) is 61.5 cm³/mol. The highest BCUT2D eigenvalue weighted by Crippen LogP contribution is 2.00. The van der Waals surface area contributed by atoms with Gasteiger partial charge < -0.3 is 15.4 Å². The van der Waals surface area contributed by atoms with Crippen molar-refractivity contribution in [2.45, 2.75) is 39.2 Å². The second kappa shape index (κ2) is 9.44. The van der Waals surface area contributed by atoms with Gasteiger partial charge in [0.15, 0.2) is 0 Å². The molecule has 1 atom stereocenters. The summed E-state index contributed by atoms with van der Waals surface area (Å²) in [7, 11) is 1.74. The van der Waals surface area contributed by atoms with E-state index >= 15 is 0 Å². The Morgan fingerprint density at radius 3 is 2.07 bits per heavy atom. The van der Waals surface area contributed by atoms with Crippen LogP contribution in [0.5, 0.6) is 0 Å². The largest absolute Gasteiger partial charge is 0.380 e. The Bertz CT molecular complexity index is 110. The van der Waals surface area contributed by atoms with Gasteiger partial charge in [0.05, 0.1) is 6.10 Å². The van der Waals surface area contributed by atoms with Gasteiger partial charge in [0, 0.05) is 20.2 Å². The molecular formula is C11H26N2O. The summed E-state index contributed by atoms with van der Waals surface area (Å²) in [6.45, 7) is 8.56. The van der Waals surface area contributed by atoms with Crippen LogP contribution in [0.3, 0.4) is 0 Å². The molecule has 0 spiro atoms. The molecule has 86 valence electrons. The number of nitrogens with two attached hydrogens (primary N) is 1. The van der Waals surface area contributed by atoms with Crippen LogP contribution in [-0.2, 0) is 4.74 Å². The fraction of sp³-hybridized carbons (Fsp3) is 1.00. The van der Waals surface area contributed by atoms with Gasteiger partial charge >= 0.3 is 0 Å². The first-order valence-corrected chi connectivity index (χ1v) is 5.73. The molecule has 14 heavy (non-hydrogen) atoms. The molecular weight excluding hydrogens is 176 g/mol. The topological polar surface area (TPSA) is 38.5 Å². The normalized spacial score (nSPS) is 13.5. The highest BCUT2D eigenvalue weighted by Gasteiger charge is 2.08. The van der Waals surface area contributed by atoms with Crippen LogP contribution in [0, 0.1) is 0 Å². The highest BCUT2D eigenvalue weighted by atomic mass is 16.5. The summed E-state index contributed by atoms with van der Waals surface area (Å²) < 4.78 is 5.25. The SMILES string of the molecule is CCCN(CCC)CCC(CN)OC. The molecule has 0 amide bonds. The standard InChI is InChI=1S/C11H26N2O/c1-4-7-13(8-5-2)9-6-11(10-12)14-3/h11H,4-10,12H2,1-3H3. The smallest absolute Gasteiger partial charge is 0.0705 e. The molecule has 0 aromatic heterocycles. The fourth-order valence-corrected chi connectivity index (χ4v) is 1.63. The molecule has 0 aliphatic carbocycles. The Morgan fingerprint density at radius 2 is 1.71 bits per heavy atom. The van der Waals surface area contributed by atoms with Crippen LogP contribution in [0.2, 0.25) is 0 Å². The van der Waals surface area contributed by atoms with Crippen LogP contribution in [-0.4, -0.2) is 44.3 Å². The van der Waals surface area contributed by atoms with Crippen molar-refractivity contribution < 1.29 is 4.74 Å². The molecule has 0 saturated heterocycles. The lowest BCUT2D eigenvalue weighted by atomic mass is 10.2. The summed E-state index contributed by atoms with van der Waals surface area (Å²) in [6, 6.07) is 0. The zero-order chi connectivity index (χ0) is 10.8. The van der Waals surface area contributed by atoms with Crippen LogP contribution in [0.1, 0.15) is 33.1 Å². The number of hydrogen-bond acceptors (Lipinski definition) is 3. The number of rotatable bonds is 9. The molecule has 3 heteroatoms. The average molecular weight is 202 g/mol. The molecule has 2 N–H and O–H groups in total. The van der Waals surface area contributed by atoms with Gasteiger partial charge in [-0.15, -0.1) is 0 Å². The minimum atomic E-state index is 0.228. The zero-order valence-corrected chi connectivity index (χ0v) is 9.96. The molecule has 0 aromatic rings. The van der Waals surface area contributed by atoms with Crippen LogP contribution in [0.15, 0.2) is 0 Å². The van der Waals surface area contributed by atoms with Crippen molar-refractivity contribution in [3.8, 4) is 0 Å². The summed E-state index contributed by atoms with van der Waals surface area (Å²) in [6.07, 6.45) is 3.72. The zero-order valence-electron chi connectivity index (χ0n) is 9.96. The Balaban J connectivity index is 3.67. The van der Waals surface area contributed by atoms with Crippen LogP contribution in [0.4, 0.5) is 0 Å². The highest BCUT2D eigenvalue weighted by molar-refractivity contribution is 4.63. The Morgan fingerprint density at radius 1 is 1.14 bits per heavy atom. The average Bonchev–Trinajstić information content (AvgIpc) is 2.20. The Hall–Kier alpha value is -0.120. The molecule has 3 nitrogen and oxygen atoms in total. The van der Waals surface area contributed by atoms with Crippen molar-refractivity contribution in [1.29, 1.82) is 0 Å². The van der Waals surface area contributed by atoms with Crippen LogP contribution >= 0.6 is 0 Å². The molecule has 1 unspecified atom stereocenters. The molecule has 0 bridgehead atoms. The van der Waals surface area contributed by atoms with E-state index in [-0.39, 0.29) is 6.10 Å². The lowest BCUT2D eigenvalue weighted by Gasteiger charge is -2.23. The summed E-state index contributed by atoms with van der Waals surface area (Å²) in [5.41, 5.74) is 5.57. The van der Waals surface area contributed by atoms with Crippen molar-refractivity contribution in [2.75, 3.05) is 33.3 Å². The second-order valence-corrected chi connectivity index (χ2v) is 3.72. The maximum Gasteiger partial charge on any atom is 0.0705 e. The first kappa shape index (κ1) is 13.9. The van der Waals surface area contributed by atoms with Crippen molar-refractivity contribution in [1.82, 2.24) is 4.90 Å². The predicted octanol–water partition coefficient (Wildman–Crippen LogP) is 1.47. The first-order valence-electron chi connectivity index (χ1n) is 5.73. The molecule has 0 rings (SSSR count). The van der Waals surface area contributed by atoms with Crippen molar-refractivity contribution in [3.05, 3.63) is 0 Å². The first-order chi connectivity index (χ1) is 6.78. The fourth-order valence-electron chi connectivity index (χ4n) is 1.63. The van der Waals surface area contributed by atoms with E-state index in [4.69, 9.17) is 10.5 Å². The third kappa shape index (κ3) is 6.35. The maximum absolute atomic E-state index is 5.57. The van der Waals surface area contributed by atoms with E-state index in [1.54, 1.807) is 7.11 Å². The van der Waals surface area contributed by atoms with Gasteiger partial charge in [-0.1, -0.05) is 13.8 Å². The molecule has 0 saturated carbocycles. The lowest BCUT2D eigenvalue weighted by Crippen LogP contribution is -2.32. The number of methoxy groups -OCH3 is 1. The van der Waals surface area contributed by atoms with Crippen molar-refractivity contribution in [2.24, 2.45) is 5.73 Å². The van der Waals surface area contributed by atoms with E-state index in [9.17, 15) is 0 Å². The van der Waals surface area contributed by atoms with E-state index in [0.29, 0.717) is 6.54 Å². The number of hydrogen-bond donors (Lipinski definition) is 1. The van der Waals surface area contributed by atoms with E-state index < -0.39 is 0 Å². The molecule has 0 heterocycles. The molecule has 0 aliphatic rings. The van der Waals surface area contributed by atoms with Gasteiger partial charge in [0.1, 0.15) is 0 Å². The maximum atomic E-state index is 5.57. The lowest BCUT2D eigenvalue weighted by molar-refractivity contribution is 0.0893. The van der Waals surface area contributed by atoms with Gasteiger partial charge in [0.2, 0.25) is 0 Å².